The summed E-state index contributed by atoms with van der Waals surface area (Å²) in [5, 5.41) is 0.932. The Morgan fingerprint density at radius 3 is 3.22 bits per heavy atom. The molecule has 1 heterocycles. The summed E-state index contributed by atoms with van der Waals surface area (Å²) >= 11 is 1.51. The van der Waals surface area contributed by atoms with Crippen LogP contribution in [-0.4, -0.2) is 10.4 Å². The Balaban J connectivity index is 2.26. The third kappa shape index (κ3) is 0.816. The van der Waals surface area contributed by atoms with Crippen molar-refractivity contribution in [3.05, 3.63) is 12.2 Å². The van der Waals surface area contributed by atoms with Gasteiger partial charge in [-0.05, 0) is 12.8 Å². The maximum atomic E-state index is 11.0. The van der Waals surface area contributed by atoms with Crippen LogP contribution in [0.25, 0.3) is 0 Å². The Morgan fingerprint density at radius 2 is 2.56 bits per heavy atom. The Hall–Kier alpha value is -0.240. The molecule has 0 radical (unpaired) electrons. The molecular formula is C7H8OS. The number of thioether (sulfide) groups is 1. The van der Waals surface area contributed by atoms with Crippen LogP contribution in [-0.2, 0) is 4.79 Å². The fourth-order valence-corrected chi connectivity index (χ4v) is 2.58. The first-order valence-corrected chi connectivity index (χ1v) is 4.11. The van der Waals surface area contributed by atoms with Crippen molar-refractivity contribution in [1.82, 2.24) is 0 Å². The number of rotatable bonds is 0. The smallest absolute Gasteiger partial charge is 0.192 e. The Labute approximate surface area is 58.5 Å². The molecule has 0 spiro atoms. The van der Waals surface area contributed by atoms with E-state index in [0.29, 0.717) is 16.3 Å². The van der Waals surface area contributed by atoms with Gasteiger partial charge >= 0.3 is 0 Å². The summed E-state index contributed by atoms with van der Waals surface area (Å²) < 4.78 is 0. The van der Waals surface area contributed by atoms with Crippen molar-refractivity contribution in [3.63, 3.8) is 0 Å². The lowest BCUT2D eigenvalue weighted by Crippen LogP contribution is -2.05. The van der Waals surface area contributed by atoms with E-state index in [1.807, 2.05) is 0 Å². The molecule has 1 nitrogen and oxygen atoms in total. The maximum Gasteiger partial charge on any atom is 0.192 e. The minimum absolute atomic E-state index is 0.366. The topological polar surface area (TPSA) is 17.1 Å². The number of fused-ring (bicyclic) bond motifs is 2. The highest BCUT2D eigenvalue weighted by molar-refractivity contribution is 8.14. The van der Waals surface area contributed by atoms with E-state index in [1.165, 1.54) is 11.8 Å². The molecule has 1 aliphatic carbocycles. The SMILES string of the molecule is O=C1S[C@H]2C=CC[C@H]1C2. The van der Waals surface area contributed by atoms with Crippen molar-refractivity contribution >= 4 is 16.9 Å². The lowest BCUT2D eigenvalue weighted by molar-refractivity contribution is -0.113. The first-order chi connectivity index (χ1) is 4.36. The van der Waals surface area contributed by atoms with Crippen molar-refractivity contribution in [3.8, 4) is 0 Å². The van der Waals surface area contributed by atoms with E-state index in [9.17, 15) is 4.79 Å². The van der Waals surface area contributed by atoms with E-state index in [0.717, 1.165) is 12.8 Å². The number of allylic oxidation sites excluding steroid dienone is 1. The summed E-state index contributed by atoms with van der Waals surface area (Å²) in [5.41, 5.74) is 0. The van der Waals surface area contributed by atoms with Gasteiger partial charge in [-0.3, -0.25) is 4.79 Å². The van der Waals surface area contributed by atoms with Crippen molar-refractivity contribution in [2.75, 3.05) is 0 Å². The minimum Gasteiger partial charge on any atom is -0.287 e. The van der Waals surface area contributed by atoms with Gasteiger partial charge in [0.1, 0.15) is 0 Å². The molecule has 2 heteroatoms. The van der Waals surface area contributed by atoms with Gasteiger partial charge in [0.25, 0.3) is 0 Å². The van der Waals surface area contributed by atoms with Crippen molar-refractivity contribution in [1.29, 1.82) is 0 Å². The number of hydrogen-bond donors (Lipinski definition) is 0. The second-order valence-corrected chi connectivity index (χ2v) is 3.82. The van der Waals surface area contributed by atoms with Crippen molar-refractivity contribution in [2.45, 2.75) is 18.1 Å². The van der Waals surface area contributed by atoms with Gasteiger partial charge in [0, 0.05) is 11.2 Å². The average Bonchev–Trinajstić information content (AvgIpc) is 2.09. The van der Waals surface area contributed by atoms with E-state index in [4.69, 9.17) is 0 Å². The first kappa shape index (κ1) is 5.54. The molecule has 0 unspecified atom stereocenters. The standard InChI is InChI=1S/C7H8OS/c8-7-5-2-1-3-6(4-5)9-7/h1,3,5-6H,2,4H2/t5-,6-/m0/s1. The molecule has 0 N–H and O–H groups in total. The third-order valence-electron chi connectivity index (χ3n) is 1.89. The van der Waals surface area contributed by atoms with Crippen LogP contribution in [0.1, 0.15) is 12.8 Å². The second kappa shape index (κ2) is 1.87. The van der Waals surface area contributed by atoms with E-state index in [-0.39, 0.29) is 0 Å². The number of hydrogen-bond acceptors (Lipinski definition) is 2. The molecule has 9 heavy (non-hydrogen) atoms. The number of carbonyl (C=O) groups excluding carboxylic acids is 1. The van der Waals surface area contributed by atoms with Crippen LogP contribution in [0.3, 0.4) is 0 Å². The zero-order valence-electron chi connectivity index (χ0n) is 5.04. The van der Waals surface area contributed by atoms with Crippen molar-refractivity contribution < 1.29 is 4.79 Å². The van der Waals surface area contributed by atoms with Crippen LogP contribution in [0.2, 0.25) is 0 Å². The highest BCUT2D eigenvalue weighted by Crippen LogP contribution is 2.38. The molecule has 0 aromatic rings. The predicted molar refractivity (Wildman–Crippen MR) is 38.3 cm³/mol. The Morgan fingerprint density at radius 1 is 1.67 bits per heavy atom. The average molecular weight is 140 g/mol. The molecule has 2 bridgehead atoms. The monoisotopic (exact) mass is 140 g/mol. The fraction of sp³-hybridized carbons (Fsp3) is 0.571. The molecule has 2 aliphatic rings. The molecule has 0 aromatic carbocycles. The van der Waals surface area contributed by atoms with Crippen LogP contribution in [0.15, 0.2) is 12.2 Å². The van der Waals surface area contributed by atoms with Crippen LogP contribution in [0.5, 0.6) is 0 Å². The van der Waals surface area contributed by atoms with Gasteiger partial charge in [-0.2, -0.15) is 0 Å². The fourth-order valence-electron chi connectivity index (χ4n) is 1.38. The van der Waals surface area contributed by atoms with Crippen LogP contribution >= 0.6 is 11.8 Å². The highest BCUT2D eigenvalue weighted by Gasteiger charge is 2.33. The molecule has 1 saturated heterocycles. The molecule has 0 aromatic heterocycles. The molecule has 2 atom stereocenters. The van der Waals surface area contributed by atoms with E-state index >= 15 is 0 Å². The van der Waals surface area contributed by atoms with Gasteiger partial charge in [-0.1, -0.05) is 23.9 Å². The third-order valence-corrected chi connectivity index (χ3v) is 3.11. The lowest BCUT2D eigenvalue weighted by Gasteiger charge is -2.07. The Kier molecular flexibility index (Phi) is 1.15. The molecule has 1 aliphatic heterocycles. The molecule has 0 amide bonds. The van der Waals surface area contributed by atoms with Gasteiger partial charge in [-0.15, -0.1) is 0 Å². The van der Waals surface area contributed by atoms with E-state index in [2.05, 4.69) is 12.2 Å². The summed E-state index contributed by atoms with van der Waals surface area (Å²) in [6.45, 7) is 0. The van der Waals surface area contributed by atoms with E-state index in [1.54, 1.807) is 0 Å². The Bertz CT molecular complexity index is 174. The summed E-state index contributed by atoms with van der Waals surface area (Å²) in [6, 6.07) is 0. The zero-order chi connectivity index (χ0) is 6.27. The summed E-state index contributed by atoms with van der Waals surface area (Å²) in [5.74, 6) is 0.366. The van der Waals surface area contributed by atoms with Gasteiger partial charge in [0.05, 0.1) is 0 Å². The number of carbonyl (C=O) groups is 1. The van der Waals surface area contributed by atoms with Crippen molar-refractivity contribution in [2.24, 2.45) is 5.92 Å². The second-order valence-electron chi connectivity index (χ2n) is 2.57. The maximum absolute atomic E-state index is 11.0. The van der Waals surface area contributed by atoms with E-state index < -0.39 is 0 Å². The minimum atomic E-state index is 0.366. The summed E-state index contributed by atoms with van der Waals surface area (Å²) in [7, 11) is 0. The van der Waals surface area contributed by atoms with Crippen LogP contribution < -0.4 is 0 Å². The van der Waals surface area contributed by atoms with Gasteiger partial charge in [-0.25, -0.2) is 0 Å². The molecular weight excluding hydrogens is 132 g/mol. The van der Waals surface area contributed by atoms with Gasteiger partial charge in [0.15, 0.2) is 5.12 Å². The summed E-state index contributed by atoms with van der Waals surface area (Å²) in [6.07, 6.45) is 6.38. The molecule has 2 rings (SSSR count). The largest absolute Gasteiger partial charge is 0.287 e. The lowest BCUT2D eigenvalue weighted by atomic mass is 9.96. The molecule has 1 fully saturated rings. The normalized spacial score (nSPS) is 39.8. The predicted octanol–water partition coefficient (Wildman–Crippen LogP) is 1.59. The molecule has 0 saturated carbocycles. The first-order valence-electron chi connectivity index (χ1n) is 3.23. The quantitative estimate of drug-likeness (QED) is 0.475. The highest BCUT2D eigenvalue weighted by atomic mass is 32.2. The zero-order valence-corrected chi connectivity index (χ0v) is 5.86. The van der Waals surface area contributed by atoms with Crippen LogP contribution in [0, 0.1) is 5.92 Å². The summed E-state index contributed by atoms with van der Waals surface area (Å²) in [4.78, 5) is 11.0. The van der Waals surface area contributed by atoms with Gasteiger partial charge < -0.3 is 0 Å². The van der Waals surface area contributed by atoms with Gasteiger partial charge in [0.2, 0.25) is 0 Å². The van der Waals surface area contributed by atoms with Crippen LogP contribution in [0.4, 0.5) is 0 Å². The molecule has 48 valence electrons.